The number of thioether (sulfide) groups is 1. The molecule has 1 aliphatic heterocycles. The summed E-state index contributed by atoms with van der Waals surface area (Å²) in [7, 11) is 0. The van der Waals surface area contributed by atoms with Crippen LogP contribution in [-0.2, 0) is 9.59 Å². The monoisotopic (exact) mass is 253 g/mol. The number of amides is 1. The van der Waals surface area contributed by atoms with Crippen molar-refractivity contribution in [2.24, 2.45) is 17.8 Å². The molecule has 1 heterocycles. The van der Waals surface area contributed by atoms with Crippen molar-refractivity contribution in [1.29, 1.82) is 0 Å². The molecular formula is C12H15NO3S. The van der Waals surface area contributed by atoms with E-state index in [1.807, 2.05) is 18.4 Å². The van der Waals surface area contributed by atoms with Crippen molar-refractivity contribution >= 4 is 23.6 Å². The largest absolute Gasteiger partial charge is 0.481 e. The van der Waals surface area contributed by atoms with Crippen LogP contribution >= 0.6 is 11.8 Å². The lowest BCUT2D eigenvalue weighted by atomic mass is 9.80. The summed E-state index contributed by atoms with van der Waals surface area (Å²) in [6.45, 7) is 0.466. The van der Waals surface area contributed by atoms with Gasteiger partial charge in [-0.05, 0) is 18.6 Å². The average molecular weight is 253 g/mol. The van der Waals surface area contributed by atoms with E-state index in [-0.39, 0.29) is 17.7 Å². The highest BCUT2D eigenvalue weighted by Gasteiger charge is 2.43. The van der Waals surface area contributed by atoms with Crippen LogP contribution in [0.3, 0.4) is 0 Å². The summed E-state index contributed by atoms with van der Waals surface area (Å²) in [5.41, 5.74) is 0. The van der Waals surface area contributed by atoms with Crippen LogP contribution in [0.1, 0.15) is 6.42 Å². The molecule has 1 aliphatic carbocycles. The lowest BCUT2D eigenvalue weighted by Crippen LogP contribution is -2.30. The Labute approximate surface area is 104 Å². The van der Waals surface area contributed by atoms with Gasteiger partial charge in [-0.25, -0.2) is 0 Å². The molecule has 1 amide bonds. The van der Waals surface area contributed by atoms with Crippen molar-refractivity contribution < 1.29 is 14.7 Å². The summed E-state index contributed by atoms with van der Waals surface area (Å²) in [4.78, 5) is 23.7. The van der Waals surface area contributed by atoms with Crippen molar-refractivity contribution in [2.45, 2.75) is 6.42 Å². The van der Waals surface area contributed by atoms with Gasteiger partial charge in [-0.15, -0.1) is 11.8 Å². The van der Waals surface area contributed by atoms with Gasteiger partial charge in [0, 0.05) is 17.4 Å². The summed E-state index contributed by atoms with van der Waals surface area (Å²) < 4.78 is 0. The van der Waals surface area contributed by atoms with Gasteiger partial charge in [0.05, 0.1) is 0 Å². The van der Waals surface area contributed by atoms with Crippen LogP contribution in [0.4, 0.5) is 0 Å². The van der Waals surface area contributed by atoms with Crippen molar-refractivity contribution in [3.63, 3.8) is 0 Å². The van der Waals surface area contributed by atoms with Gasteiger partial charge in [-0.1, -0.05) is 18.2 Å². The van der Waals surface area contributed by atoms with Gasteiger partial charge < -0.3 is 10.4 Å². The molecule has 0 saturated carbocycles. The number of nitrogens with one attached hydrogen (secondary N) is 1. The van der Waals surface area contributed by atoms with Gasteiger partial charge in [0.25, 0.3) is 0 Å². The third-order valence-electron chi connectivity index (χ3n) is 3.37. The number of rotatable bonds is 3. The first-order valence-corrected chi connectivity index (χ1v) is 6.79. The average Bonchev–Trinajstić information content (AvgIpc) is 2.71. The van der Waals surface area contributed by atoms with Crippen molar-refractivity contribution in [3.8, 4) is 0 Å². The van der Waals surface area contributed by atoms with E-state index < -0.39 is 11.9 Å². The fraction of sp³-hybridized carbons (Fsp3) is 0.500. The minimum Gasteiger partial charge on any atom is -0.481 e. The van der Waals surface area contributed by atoms with Gasteiger partial charge in [0.1, 0.15) is 5.92 Å². The second-order valence-electron chi connectivity index (χ2n) is 4.29. The quantitative estimate of drug-likeness (QED) is 0.743. The van der Waals surface area contributed by atoms with Gasteiger partial charge in [-0.2, -0.15) is 0 Å². The molecule has 1 saturated heterocycles. The number of carbonyl (C=O) groups is 2. The summed E-state index contributed by atoms with van der Waals surface area (Å²) in [6, 6.07) is 0. The van der Waals surface area contributed by atoms with Crippen molar-refractivity contribution in [1.82, 2.24) is 5.32 Å². The predicted molar refractivity (Wildman–Crippen MR) is 66.5 cm³/mol. The first-order chi connectivity index (χ1) is 8.13. The second-order valence-corrected chi connectivity index (χ2v) is 5.17. The molecule has 1 fully saturated rings. The SMILES string of the molecule is CSC1=CCC([C@@H]2CNC(=O)[C@H]2C(=O)O)C=C1. The molecule has 2 aliphatic rings. The van der Waals surface area contributed by atoms with E-state index in [2.05, 4.69) is 11.4 Å². The van der Waals surface area contributed by atoms with Gasteiger partial charge in [-0.3, -0.25) is 9.59 Å². The molecule has 0 aromatic rings. The Morgan fingerprint density at radius 2 is 2.35 bits per heavy atom. The molecule has 0 bridgehead atoms. The lowest BCUT2D eigenvalue weighted by molar-refractivity contribution is -0.147. The standard InChI is InChI=1S/C12H15NO3S/c1-17-8-4-2-7(3-5-8)9-6-13-11(14)10(9)12(15)16/h2,4-5,7,9-10H,3,6H2,1H3,(H,13,14)(H,15,16)/t7?,9-,10-/m0/s1. The fourth-order valence-corrected chi connectivity index (χ4v) is 2.90. The zero-order chi connectivity index (χ0) is 12.4. The van der Waals surface area contributed by atoms with Crippen LogP contribution in [0.2, 0.25) is 0 Å². The molecule has 0 aromatic carbocycles. The number of carboxylic acids is 1. The Balaban J connectivity index is 2.09. The van der Waals surface area contributed by atoms with Crippen LogP contribution in [0, 0.1) is 17.8 Å². The number of aliphatic carboxylic acids is 1. The summed E-state index contributed by atoms with van der Waals surface area (Å²) in [5, 5.41) is 11.7. The van der Waals surface area contributed by atoms with Crippen molar-refractivity contribution in [2.75, 3.05) is 12.8 Å². The Morgan fingerprint density at radius 3 is 2.88 bits per heavy atom. The van der Waals surface area contributed by atoms with E-state index in [0.29, 0.717) is 6.54 Å². The van der Waals surface area contributed by atoms with E-state index in [9.17, 15) is 9.59 Å². The Hall–Kier alpha value is -1.23. The third-order valence-corrected chi connectivity index (χ3v) is 4.15. The zero-order valence-corrected chi connectivity index (χ0v) is 10.4. The van der Waals surface area contributed by atoms with Crippen molar-refractivity contribution in [3.05, 3.63) is 23.1 Å². The Bertz CT molecular complexity index is 403. The van der Waals surface area contributed by atoms with E-state index >= 15 is 0 Å². The highest BCUT2D eigenvalue weighted by molar-refractivity contribution is 8.02. The number of hydrogen-bond acceptors (Lipinski definition) is 3. The minimum atomic E-state index is -1.02. The molecule has 1 unspecified atom stereocenters. The molecule has 92 valence electrons. The maximum Gasteiger partial charge on any atom is 0.316 e. The normalized spacial score (nSPS) is 32.2. The third kappa shape index (κ3) is 2.39. The van der Waals surface area contributed by atoms with E-state index in [1.165, 1.54) is 4.91 Å². The van der Waals surface area contributed by atoms with E-state index in [4.69, 9.17) is 5.11 Å². The zero-order valence-electron chi connectivity index (χ0n) is 9.55. The predicted octanol–water partition coefficient (Wildman–Crippen LogP) is 1.26. The number of hydrogen-bond donors (Lipinski definition) is 2. The fourth-order valence-electron chi connectivity index (χ4n) is 2.42. The molecule has 0 aromatic heterocycles. The number of carbonyl (C=O) groups excluding carboxylic acids is 1. The first kappa shape index (κ1) is 12.2. The molecule has 0 spiro atoms. The molecule has 4 nitrogen and oxygen atoms in total. The second kappa shape index (κ2) is 4.96. The summed E-state index contributed by atoms with van der Waals surface area (Å²) in [6.07, 6.45) is 8.98. The molecule has 2 N–H and O–H groups in total. The molecule has 5 heteroatoms. The Kier molecular flexibility index (Phi) is 3.57. The van der Waals surface area contributed by atoms with Gasteiger partial charge >= 0.3 is 5.97 Å². The van der Waals surface area contributed by atoms with Crippen LogP contribution < -0.4 is 5.32 Å². The van der Waals surface area contributed by atoms with E-state index in [1.54, 1.807) is 11.8 Å². The van der Waals surface area contributed by atoms with Gasteiger partial charge in [0.15, 0.2) is 0 Å². The van der Waals surface area contributed by atoms with Crippen LogP contribution in [0.5, 0.6) is 0 Å². The molecule has 17 heavy (non-hydrogen) atoms. The first-order valence-electron chi connectivity index (χ1n) is 5.56. The number of allylic oxidation sites excluding steroid dienone is 3. The topological polar surface area (TPSA) is 66.4 Å². The van der Waals surface area contributed by atoms with E-state index in [0.717, 1.165) is 6.42 Å². The highest BCUT2D eigenvalue weighted by Crippen LogP contribution is 2.33. The molecule has 0 radical (unpaired) electrons. The molecular weight excluding hydrogens is 238 g/mol. The molecule has 3 atom stereocenters. The minimum absolute atomic E-state index is 0.129. The lowest BCUT2D eigenvalue weighted by Gasteiger charge is -2.23. The Morgan fingerprint density at radius 1 is 1.59 bits per heavy atom. The summed E-state index contributed by atoms with van der Waals surface area (Å²) in [5.74, 6) is -2.25. The number of carboxylic acid groups (broad SMARTS) is 1. The van der Waals surface area contributed by atoms with Gasteiger partial charge in [0.2, 0.25) is 5.91 Å². The van der Waals surface area contributed by atoms with Crippen LogP contribution in [-0.4, -0.2) is 29.8 Å². The van der Waals surface area contributed by atoms with Crippen LogP contribution in [0.15, 0.2) is 23.1 Å². The summed E-state index contributed by atoms with van der Waals surface area (Å²) >= 11 is 1.67. The molecule has 2 rings (SSSR count). The smallest absolute Gasteiger partial charge is 0.316 e. The van der Waals surface area contributed by atoms with Crippen LogP contribution in [0.25, 0.3) is 0 Å². The maximum atomic E-state index is 11.5. The highest BCUT2D eigenvalue weighted by atomic mass is 32.2. The maximum absolute atomic E-state index is 11.5.